The topological polar surface area (TPSA) is 80.5 Å². The predicted molar refractivity (Wildman–Crippen MR) is 66.1 cm³/mol. The molecule has 0 spiro atoms. The summed E-state index contributed by atoms with van der Waals surface area (Å²) in [7, 11) is 0. The summed E-state index contributed by atoms with van der Waals surface area (Å²) in [5.41, 5.74) is 0.990. The summed E-state index contributed by atoms with van der Waals surface area (Å²) < 4.78 is 5.19. The van der Waals surface area contributed by atoms with Crippen LogP contribution in [-0.4, -0.2) is 25.3 Å². The second kappa shape index (κ2) is 4.69. The first kappa shape index (κ1) is 11.1. The van der Waals surface area contributed by atoms with Gasteiger partial charge in [0.2, 0.25) is 11.7 Å². The number of rotatable bonds is 4. The first-order chi connectivity index (χ1) is 8.81. The molecule has 0 unspecified atom stereocenters. The molecule has 0 aliphatic rings. The monoisotopic (exact) mass is 261 g/mol. The Morgan fingerprint density at radius 2 is 2.28 bits per heavy atom. The number of nitrogens with zero attached hydrogens (tertiary/aromatic N) is 4. The Morgan fingerprint density at radius 3 is 3.00 bits per heavy atom. The summed E-state index contributed by atoms with van der Waals surface area (Å²) >= 11 is 1.61. The van der Waals surface area contributed by atoms with E-state index < -0.39 is 0 Å². The maximum absolute atomic E-state index is 5.19. The van der Waals surface area contributed by atoms with Crippen LogP contribution in [0.5, 0.6) is 0 Å². The molecule has 0 fully saturated rings. The van der Waals surface area contributed by atoms with Gasteiger partial charge in [0.25, 0.3) is 0 Å². The molecule has 1 N–H and O–H groups in total. The van der Waals surface area contributed by atoms with E-state index in [-0.39, 0.29) is 0 Å². The molecule has 0 aliphatic heterocycles. The van der Waals surface area contributed by atoms with Crippen molar-refractivity contribution < 1.29 is 4.52 Å². The van der Waals surface area contributed by atoms with E-state index >= 15 is 0 Å². The molecule has 3 rings (SSSR count). The number of aryl methyl sites for hydroxylation is 3. The fourth-order valence-corrected chi connectivity index (χ4v) is 2.22. The Morgan fingerprint density at radius 1 is 1.33 bits per heavy atom. The van der Waals surface area contributed by atoms with Gasteiger partial charge in [-0.1, -0.05) is 5.16 Å². The lowest BCUT2D eigenvalue weighted by Gasteiger charge is -1.89. The van der Waals surface area contributed by atoms with Crippen LogP contribution in [0.2, 0.25) is 0 Å². The van der Waals surface area contributed by atoms with Crippen molar-refractivity contribution in [2.45, 2.75) is 19.8 Å². The second-order valence-electron chi connectivity index (χ2n) is 3.86. The largest absolute Gasteiger partial charge is 0.339 e. The molecule has 3 aromatic rings. The quantitative estimate of drug-likeness (QED) is 0.777. The van der Waals surface area contributed by atoms with Crippen molar-refractivity contribution in [2.24, 2.45) is 0 Å². The number of aromatic amines is 1. The molecular weight excluding hydrogens is 250 g/mol. The number of hydrogen-bond acceptors (Lipinski definition) is 6. The lowest BCUT2D eigenvalue weighted by atomic mass is 10.3. The highest BCUT2D eigenvalue weighted by Crippen LogP contribution is 2.18. The lowest BCUT2D eigenvalue weighted by Crippen LogP contribution is -1.94. The maximum atomic E-state index is 5.19. The standard InChI is InChI=1S/C11H11N5OS/c1-7-12-9(15-14-7)2-3-10-13-11(16-17-10)8-4-5-18-6-8/h4-6H,2-3H2,1H3,(H,12,14,15). The number of thiophene rings is 1. The Balaban J connectivity index is 1.67. The van der Waals surface area contributed by atoms with Gasteiger partial charge in [-0.05, 0) is 18.4 Å². The molecular formula is C11H11N5OS. The molecule has 0 bridgehead atoms. The van der Waals surface area contributed by atoms with Gasteiger partial charge in [0.15, 0.2) is 5.82 Å². The molecule has 0 aromatic carbocycles. The molecule has 3 aromatic heterocycles. The maximum Gasteiger partial charge on any atom is 0.227 e. The highest BCUT2D eigenvalue weighted by atomic mass is 32.1. The molecule has 0 saturated carbocycles. The van der Waals surface area contributed by atoms with Gasteiger partial charge in [-0.2, -0.15) is 21.4 Å². The van der Waals surface area contributed by atoms with E-state index in [1.807, 2.05) is 23.8 Å². The molecule has 18 heavy (non-hydrogen) atoms. The number of H-pyrrole nitrogens is 1. The number of nitrogens with one attached hydrogen (secondary N) is 1. The third-order valence-corrected chi connectivity index (χ3v) is 3.14. The minimum atomic E-state index is 0.610. The van der Waals surface area contributed by atoms with Crippen LogP contribution in [0, 0.1) is 6.92 Å². The highest BCUT2D eigenvalue weighted by Gasteiger charge is 2.10. The highest BCUT2D eigenvalue weighted by molar-refractivity contribution is 7.08. The Hall–Kier alpha value is -2.02. The number of aromatic nitrogens is 5. The average Bonchev–Trinajstić information content (AvgIpc) is 3.07. The van der Waals surface area contributed by atoms with Crippen molar-refractivity contribution in [3.63, 3.8) is 0 Å². The van der Waals surface area contributed by atoms with Gasteiger partial charge in [0, 0.05) is 23.8 Å². The van der Waals surface area contributed by atoms with Gasteiger partial charge in [0.05, 0.1) is 0 Å². The molecule has 3 heterocycles. The summed E-state index contributed by atoms with van der Waals surface area (Å²) in [4.78, 5) is 8.57. The molecule has 7 heteroatoms. The van der Waals surface area contributed by atoms with Crippen molar-refractivity contribution in [1.29, 1.82) is 0 Å². The molecule has 0 aliphatic carbocycles. The van der Waals surface area contributed by atoms with Gasteiger partial charge in [-0.15, -0.1) is 0 Å². The summed E-state index contributed by atoms with van der Waals surface area (Å²) in [6.45, 7) is 1.87. The zero-order valence-corrected chi connectivity index (χ0v) is 10.6. The third kappa shape index (κ3) is 2.30. The van der Waals surface area contributed by atoms with Crippen LogP contribution in [0.15, 0.2) is 21.3 Å². The van der Waals surface area contributed by atoms with E-state index in [0.717, 1.165) is 17.2 Å². The van der Waals surface area contributed by atoms with Crippen LogP contribution in [-0.2, 0) is 12.8 Å². The predicted octanol–water partition coefficient (Wildman–Crippen LogP) is 2.01. The SMILES string of the molecule is Cc1nc(CCc2nc(-c3ccsc3)no2)n[nH]1. The van der Waals surface area contributed by atoms with E-state index in [2.05, 4.69) is 25.3 Å². The first-order valence-corrected chi connectivity index (χ1v) is 6.48. The van der Waals surface area contributed by atoms with Crippen molar-refractivity contribution in [3.05, 3.63) is 34.4 Å². The van der Waals surface area contributed by atoms with Gasteiger partial charge in [-0.25, -0.2) is 4.98 Å². The minimum Gasteiger partial charge on any atom is -0.339 e. The van der Waals surface area contributed by atoms with E-state index in [0.29, 0.717) is 24.6 Å². The second-order valence-corrected chi connectivity index (χ2v) is 4.64. The van der Waals surface area contributed by atoms with Crippen LogP contribution in [0.25, 0.3) is 11.4 Å². The first-order valence-electron chi connectivity index (χ1n) is 5.54. The zero-order chi connectivity index (χ0) is 12.4. The summed E-state index contributed by atoms with van der Waals surface area (Å²) in [5.74, 6) is 2.83. The van der Waals surface area contributed by atoms with Gasteiger partial charge < -0.3 is 4.52 Å². The molecule has 6 nitrogen and oxygen atoms in total. The van der Waals surface area contributed by atoms with Crippen molar-refractivity contribution in [3.8, 4) is 11.4 Å². The van der Waals surface area contributed by atoms with Crippen LogP contribution in [0.4, 0.5) is 0 Å². The number of hydrogen-bond donors (Lipinski definition) is 1. The molecule has 92 valence electrons. The third-order valence-electron chi connectivity index (χ3n) is 2.45. The Labute approximate surface area is 107 Å². The van der Waals surface area contributed by atoms with Gasteiger partial charge in [0.1, 0.15) is 5.82 Å². The van der Waals surface area contributed by atoms with Crippen molar-refractivity contribution in [2.75, 3.05) is 0 Å². The minimum absolute atomic E-state index is 0.610. The van der Waals surface area contributed by atoms with Crippen LogP contribution in [0.1, 0.15) is 17.5 Å². The fourth-order valence-electron chi connectivity index (χ4n) is 1.58. The Kier molecular flexibility index (Phi) is 2.89. The smallest absolute Gasteiger partial charge is 0.227 e. The molecule has 0 radical (unpaired) electrons. The zero-order valence-electron chi connectivity index (χ0n) is 9.75. The average molecular weight is 261 g/mol. The van der Waals surface area contributed by atoms with Crippen molar-refractivity contribution in [1.82, 2.24) is 25.3 Å². The van der Waals surface area contributed by atoms with Crippen molar-refractivity contribution >= 4 is 11.3 Å². The van der Waals surface area contributed by atoms with E-state index in [1.54, 1.807) is 11.3 Å². The molecule has 0 saturated heterocycles. The Bertz CT molecular complexity index is 627. The molecule has 0 atom stereocenters. The normalized spacial score (nSPS) is 10.9. The van der Waals surface area contributed by atoms with Crippen LogP contribution >= 0.6 is 11.3 Å². The van der Waals surface area contributed by atoms with E-state index in [9.17, 15) is 0 Å². The van der Waals surface area contributed by atoms with E-state index in [4.69, 9.17) is 4.52 Å². The van der Waals surface area contributed by atoms with E-state index in [1.165, 1.54) is 0 Å². The fraction of sp³-hybridized carbons (Fsp3) is 0.273. The summed E-state index contributed by atoms with van der Waals surface area (Å²) in [6, 6.07) is 1.97. The van der Waals surface area contributed by atoms with Crippen LogP contribution < -0.4 is 0 Å². The van der Waals surface area contributed by atoms with Gasteiger partial charge in [-0.3, -0.25) is 5.10 Å². The van der Waals surface area contributed by atoms with Gasteiger partial charge >= 0.3 is 0 Å². The van der Waals surface area contributed by atoms with Crippen LogP contribution in [0.3, 0.4) is 0 Å². The molecule has 0 amide bonds. The lowest BCUT2D eigenvalue weighted by molar-refractivity contribution is 0.378. The summed E-state index contributed by atoms with van der Waals surface area (Å²) in [5, 5.41) is 14.8. The summed E-state index contributed by atoms with van der Waals surface area (Å²) in [6.07, 6.45) is 1.34.